The number of carbonyl (C=O) groups is 1. The van der Waals surface area contributed by atoms with Crippen molar-refractivity contribution in [3.63, 3.8) is 0 Å². The topological polar surface area (TPSA) is 79.6 Å². The van der Waals surface area contributed by atoms with Crippen LogP contribution in [0.3, 0.4) is 0 Å². The third-order valence-corrected chi connectivity index (χ3v) is 5.17. The molecule has 0 N–H and O–H groups in total. The van der Waals surface area contributed by atoms with Crippen LogP contribution >= 0.6 is 11.6 Å². The van der Waals surface area contributed by atoms with Crippen LogP contribution in [0, 0.1) is 15.9 Å². The SMILES string of the molecule is CCN(Cc1ccc(Cl)nc1)C1=C([N+](=O)[O-])C(c2ccc(F)cc2)CC(=O)N1C. The van der Waals surface area contributed by atoms with Gasteiger partial charge in [0, 0.05) is 32.8 Å². The van der Waals surface area contributed by atoms with Crippen LogP contribution < -0.4 is 0 Å². The molecule has 1 aliphatic heterocycles. The fraction of sp³-hybridized carbons (Fsp3) is 0.300. The van der Waals surface area contributed by atoms with Crippen molar-refractivity contribution < 1.29 is 14.1 Å². The summed E-state index contributed by atoms with van der Waals surface area (Å²) in [6.07, 6.45) is 1.54. The summed E-state index contributed by atoms with van der Waals surface area (Å²) in [5, 5.41) is 12.4. The fourth-order valence-electron chi connectivity index (χ4n) is 3.46. The molecule has 1 aromatic heterocycles. The van der Waals surface area contributed by atoms with Gasteiger partial charge in [-0.1, -0.05) is 29.8 Å². The van der Waals surface area contributed by atoms with Crippen LogP contribution in [0.4, 0.5) is 4.39 Å². The van der Waals surface area contributed by atoms with Gasteiger partial charge in [-0.3, -0.25) is 19.8 Å². The van der Waals surface area contributed by atoms with E-state index in [9.17, 15) is 19.3 Å². The molecule has 2 heterocycles. The van der Waals surface area contributed by atoms with Crippen molar-refractivity contribution in [1.29, 1.82) is 0 Å². The molecule has 7 nitrogen and oxygen atoms in total. The summed E-state index contributed by atoms with van der Waals surface area (Å²) in [5.74, 6) is -1.21. The van der Waals surface area contributed by atoms with Crippen LogP contribution in [0.1, 0.15) is 30.4 Å². The predicted octanol–water partition coefficient (Wildman–Crippen LogP) is 3.79. The third-order valence-electron chi connectivity index (χ3n) is 4.94. The van der Waals surface area contributed by atoms with Gasteiger partial charge in [-0.15, -0.1) is 0 Å². The van der Waals surface area contributed by atoms with E-state index >= 15 is 0 Å². The van der Waals surface area contributed by atoms with Gasteiger partial charge in [0.1, 0.15) is 11.0 Å². The van der Waals surface area contributed by atoms with Crippen LogP contribution in [0.2, 0.25) is 5.15 Å². The Bertz CT molecular complexity index is 947. The second-order valence-corrected chi connectivity index (χ2v) is 7.12. The second kappa shape index (κ2) is 8.57. The number of hydrogen-bond acceptors (Lipinski definition) is 5. The highest BCUT2D eigenvalue weighted by atomic mass is 35.5. The molecule has 1 aromatic carbocycles. The quantitative estimate of drug-likeness (QED) is 0.405. The van der Waals surface area contributed by atoms with Gasteiger partial charge in [-0.05, 0) is 36.2 Å². The number of allylic oxidation sites excluding steroid dienone is 1. The number of carbonyl (C=O) groups excluding carboxylic acids is 1. The minimum absolute atomic E-state index is 0.0536. The Morgan fingerprint density at radius 2 is 2.00 bits per heavy atom. The van der Waals surface area contributed by atoms with Gasteiger partial charge in [-0.25, -0.2) is 9.37 Å². The van der Waals surface area contributed by atoms with Crippen molar-refractivity contribution >= 4 is 17.5 Å². The van der Waals surface area contributed by atoms with Crippen LogP contribution in [0.5, 0.6) is 0 Å². The maximum absolute atomic E-state index is 13.3. The van der Waals surface area contributed by atoms with Crippen molar-refractivity contribution in [3.05, 3.63) is 86.3 Å². The zero-order valence-corrected chi connectivity index (χ0v) is 16.8. The highest BCUT2D eigenvalue weighted by Gasteiger charge is 2.42. The number of halogens is 2. The number of nitro groups is 1. The molecule has 1 aliphatic rings. The van der Waals surface area contributed by atoms with Gasteiger partial charge in [0.2, 0.25) is 5.91 Å². The first-order chi connectivity index (χ1) is 13.8. The van der Waals surface area contributed by atoms with E-state index in [-0.39, 0.29) is 23.8 Å². The van der Waals surface area contributed by atoms with Crippen molar-refractivity contribution in [2.75, 3.05) is 13.6 Å². The Balaban J connectivity index is 2.09. The summed E-state index contributed by atoms with van der Waals surface area (Å²) in [4.78, 5) is 31.4. The monoisotopic (exact) mass is 418 g/mol. The van der Waals surface area contributed by atoms with Gasteiger partial charge >= 0.3 is 0 Å². The number of pyridine rings is 1. The van der Waals surface area contributed by atoms with E-state index in [0.717, 1.165) is 5.56 Å². The van der Waals surface area contributed by atoms with Gasteiger partial charge < -0.3 is 4.90 Å². The van der Waals surface area contributed by atoms with E-state index in [2.05, 4.69) is 4.98 Å². The molecule has 0 radical (unpaired) electrons. The Labute approximate surface area is 172 Å². The van der Waals surface area contributed by atoms with Crippen LogP contribution in [0.15, 0.2) is 54.1 Å². The van der Waals surface area contributed by atoms with Crippen molar-refractivity contribution in [2.24, 2.45) is 0 Å². The third kappa shape index (κ3) is 4.37. The Morgan fingerprint density at radius 3 is 2.55 bits per heavy atom. The largest absolute Gasteiger partial charge is 0.348 e. The molecule has 0 aliphatic carbocycles. The number of aromatic nitrogens is 1. The summed E-state index contributed by atoms with van der Waals surface area (Å²) in [6, 6.07) is 8.88. The Kier molecular flexibility index (Phi) is 6.12. The average molecular weight is 419 g/mol. The zero-order valence-electron chi connectivity index (χ0n) is 16.0. The lowest BCUT2D eigenvalue weighted by Gasteiger charge is -2.36. The number of rotatable bonds is 6. The predicted molar refractivity (Wildman–Crippen MR) is 106 cm³/mol. The summed E-state index contributed by atoms with van der Waals surface area (Å²) < 4.78 is 13.3. The maximum Gasteiger partial charge on any atom is 0.294 e. The van der Waals surface area contributed by atoms with E-state index in [4.69, 9.17) is 11.6 Å². The normalized spacial score (nSPS) is 16.9. The number of benzene rings is 1. The lowest BCUT2D eigenvalue weighted by Crippen LogP contribution is -2.43. The maximum atomic E-state index is 13.3. The molecule has 0 saturated carbocycles. The first kappa shape index (κ1) is 20.7. The minimum atomic E-state index is -0.762. The molecule has 3 rings (SSSR count). The lowest BCUT2D eigenvalue weighted by molar-refractivity contribution is -0.434. The van der Waals surface area contributed by atoms with Crippen LogP contribution in [-0.4, -0.2) is 39.2 Å². The summed E-state index contributed by atoms with van der Waals surface area (Å²) >= 11 is 5.83. The second-order valence-electron chi connectivity index (χ2n) is 6.73. The Hall–Kier alpha value is -3.00. The molecular formula is C20H20ClFN4O3. The van der Waals surface area contributed by atoms with Crippen LogP contribution in [0.25, 0.3) is 0 Å². The molecule has 29 heavy (non-hydrogen) atoms. The van der Waals surface area contributed by atoms with Crippen molar-refractivity contribution in [2.45, 2.75) is 25.8 Å². The zero-order chi connectivity index (χ0) is 21.1. The van der Waals surface area contributed by atoms with Crippen LogP contribution in [-0.2, 0) is 11.3 Å². The average Bonchev–Trinajstić information content (AvgIpc) is 2.70. The molecule has 1 amide bonds. The first-order valence-electron chi connectivity index (χ1n) is 9.07. The minimum Gasteiger partial charge on any atom is -0.348 e. The number of hydrogen-bond donors (Lipinski definition) is 0. The van der Waals surface area contributed by atoms with Gasteiger partial charge in [0.25, 0.3) is 5.70 Å². The molecule has 0 saturated heterocycles. The van der Waals surface area contributed by atoms with E-state index in [0.29, 0.717) is 23.8 Å². The molecule has 9 heteroatoms. The summed E-state index contributed by atoms with van der Waals surface area (Å²) in [6.45, 7) is 2.61. The van der Waals surface area contributed by atoms with E-state index in [1.165, 1.54) is 36.2 Å². The smallest absolute Gasteiger partial charge is 0.294 e. The fourth-order valence-corrected chi connectivity index (χ4v) is 3.58. The summed E-state index contributed by atoms with van der Waals surface area (Å²) in [5.41, 5.74) is 1.25. The molecule has 0 bridgehead atoms. The van der Waals surface area contributed by atoms with Crippen molar-refractivity contribution in [1.82, 2.24) is 14.8 Å². The van der Waals surface area contributed by atoms with Gasteiger partial charge in [-0.2, -0.15) is 0 Å². The molecule has 0 fully saturated rings. The number of nitrogens with zero attached hydrogens (tertiary/aromatic N) is 4. The highest BCUT2D eigenvalue weighted by molar-refractivity contribution is 6.29. The van der Waals surface area contributed by atoms with Gasteiger partial charge in [0.15, 0.2) is 5.82 Å². The van der Waals surface area contributed by atoms with Gasteiger partial charge in [0.05, 0.1) is 10.8 Å². The van der Waals surface area contributed by atoms with E-state index < -0.39 is 16.7 Å². The van der Waals surface area contributed by atoms with E-state index in [1.807, 2.05) is 6.92 Å². The van der Waals surface area contributed by atoms with E-state index in [1.54, 1.807) is 23.2 Å². The molecule has 1 atom stereocenters. The molecule has 0 spiro atoms. The standard InChI is InChI=1S/C20H20ClFN4O3/c1-3-25(12-13-4-9-17(21)23-11-13)20-19(26(28)29)16(10-18(27)24(20)2)14-5-7-15(22)8-6-14/h4-9,11,16H,3,10,12H2,1-2H3. The first-order valence-corrected chi connectivity index (χ1v) is 9.45. The molecule has 152 valence electrons. The Morgan fingerprint density at radius 1 is 1.31 bits per heavy atom. The molecule has 1 unspecified atom stereocenters. The highest BCUT2D eigenvalue weighted by Crippen LogP contribution is 2.37. The lowest BCUT2D eigenvalue weighted by atomic mass is 9.89. The summed E-state index contributed by atoms with van der Waals surface area (Å²) in [7, 11) is 1.53. The molecule has 2 aromatic rings. The number of amides is 1. The van der Waals surface area contributed by atoms with Crippen molar-refractivity contribution in [3.8, 4) is 0 Å². The molecular weight excluding hydrogens is 399 g/mol.